The van der Waals surface area contributed by atoms with Gasteiger partial charge in [-0.3, -0.25) is 0 Å². The predicted molar refractivity (Wildman–Crippen MR) is 54.4 cm³/mol. The fourth-order valence-electron chi connectivity index (χ4n) is 1.01. The molecule has 0 unspecified atom stereocenters. The number of nitrogens with two attached hydrogens (primary N) is 1. The zero-order chi connectivity index (χ0) is 10.7. The van der Waals surface area contributed by atoms with E-state index < -0.39 is 5.63 Å². The first-order chi connectivity index (χ1) is 7.27. The minimum Gasteiger partial charge on any atom is -0.381 e. The number of aromatic nitrogens is 1. The maximum atomic E-state index is 11.0. The number of benzene rings is 1. The highest BCUT2D eigenvalue weighted by atomic mass is 16.5. The van der Waals surface area contributed by atoms with E-state index in [0.717, 1.165) is 0 Å². The van der Waals surface area contributed by atoms with Crippen molar-refractivity contribution in [3.8, 4) is 0 Å². The number of rotatable bonds is 2. The molecule has 1 aromatic carbocycles. The van der Waals surface area contributed by atoms with E-state index >= 15 is 0 Å². The molecule has 0 fully saturated rings. The number of hydrogen-bond donors (Lipinski definition) is 2. The molecule has 76 valence electrons. The maximum absolute atomic E-state index is 11.0. The molecule has 0 saturated heterocycles. The van der Waals surface area contributed by atoms with E-state index in [4.69, 9.17) is 5.73 Å². The summed E-state index contributed by atoms with van der Waals surface area (Å²) >= 11 is 0. The number of aromatic amines is 1. The van der Waals surface area contributed by atoms with Crippen LogP contribution in [0.2, 0.25) is 0 Å². The standard InChI is InChI=1S/C9H8N4O2/c10-8-7(9(14)15-13-8)12-11-6-4-2-1-3-5-6/h1-5,13H,10H2. The van der Waals surface area contributed by atoms with Crippen molar-refractivity contribution in [3.05, 3.63) is 40.8 Å². The number of anilines is 1. The van der Waals surface area contributed by atoms with Gasteiger partial charge in [0.05, 0.1) is 5.69 Å². The lowest BCUT2D eigenvalue weighted by molar-refractivity contribution is 0.395. The first kappa shape index (κ1) is 9.20. The Morgan fingerprint density at radius 1 is 1.20 bits per heavy atom. The summed E-state index contributed by atoms with van der Waals surface area (Å²) < 4.78 is 4.42. The maximum Gasteiger partial charge on any atom is 0.386 e. The van der Waals surface area contributed by atoms with Crippen LogP contribution in [0, 0.1) is 0 Å². The molecule has 2 rings (SSSR count). The highest BCUT2D eigenvalue weighted by Gasteiger charge is 2.07. The summed E-state index contributed by atoms with van der Waals surface area (Å²) in [5.41, 5.74) is 5.39. The van der Waals surface area contributed by atoms with Gasteiger partial charge in [0, 0.05) is 0 Å². The molecule has 0 radical (unpaired) electrons. The van der Waals surface area contributed by atoms with Crippen molar-refractivity contribution in [1.29, 1.82) is 0 Å². The number of nitrogens with one attached hydrogen (secondary N) is 1. The molecular formula is C9H8N4O2. The first-order valence-electron chi connectivity index (χ1n) is 4.21. The number of hydrogen-bond acceptors (Lipinski definition) is 5. The van der Waals surface area contributed by atoms with Crippen LogP contribution in [-0.4, -0.2) is 5.16 Å². The van der Waals surface area contributed by atoms with Gasteiger partial charge < -0.3 is 10.3 Å². The van der Waals surface area contributed by atoms with Crippen LogP contribution >= 0.6 is 0 Å². The second kappa shape index (κ2) is 3.79. The van der Waals surface area contributed by atoms with Crippen LogP contribution in [0.25, 0.3) is 0 Å². The molecule has 3 N–H and O–H groups in total. The lowest BCUT2D eigenvalue weighted by Gasteiger charge is -1.88. The molecule has 0 spiro atoms. The Hall–Kier alpha value is -2.37. The summed E-state index contributed by atoms with van der Waals surface area (Å²) in [6, 6.07) is 9.01. The average Bonchev–Trinajstić information content (AvgIpc) is 2.58. The van der Waals surface area contributed by atoms with E-state index in [-0.39, 0.29) is 11.5 Å². The molecule has 15 heavy (non-hydrogen) atoms. The molecular weight excluding hydrogens is 196 g/mol. The van der Waals surface area contributed by atoms with Crippen molar-refractivity contribution in [2.45, 2.75) is 0 Å². The van der Waals surface area contributed by atoms with Gasteiger partial charge in [0.25, 0.3) is 0 Å². The van der Waals surface area contributed by atoms with Crippen LogP contribution in [-0.2, 0) is 0 Å². The van der Waals surface area contributed by atoms with Crippen LogP contribution < -0.4 is 11.4 Å². The molecule has 6 heteroatoms. The third kappa shape index (κ3) is 1.93. The second-order valence-electron chi connectivity index (χ2n) is 2.79. The van der Waals surface area contributed by atoms with Crippen LogP contribution in [0.1, 0.15) is 0 Å². The van der Waals surface area contributed by atoms with Gasteiger partial charge >= 0.3 is 5.63 Å². The summed E-state index contributed by atoms with van der Waals surface area (Å²) in [4.78, 5) is 11.0. The van der Waals surface area contributed by atoms with Crippen LogP contribution in [0.4, 0.5) is 17.2 Å². The summed E-state index contributed by atoms with van der Waals surface area (Å²) in [7, 11) is 0. The Balaban J connectivity index is 2.30. The first-order valence-corrected chi connectivity index (χ1v) is 4.21. The van der Waals surface area contributed by atoms with Crippen LogP contribution in [0.15, 0.2) is 49.9 Å². The van der Waals surface area contributed by atoms with Crippen molar-refractivity contribution in [1.82, 2.24) is 5.16 Å². The second-order valence-corrected chi connectivity index (χ2v) is 2.79. The van der Waals surface area contributed by atoms with Gasteiger partial charge in [-0.2, -0.15) is 10.3 Å². The monoisotopic (exact) mass is 204 g/mol. The number of nitrogens with zero attached hydrogens (tertiary/aromatic N) is 2. The summed E-state index contributed by atoms with van der Waals surface area (Å²) in [5, 5.41) is 9.74. The molecule has 6 nitrogen and oxygen atoms in total. The predicted octanol–water partition coefficient (Wildman–Crippen LogP) is 1.97. The average molecular weight is 204 g/mol. The summed E-state index contributed by atoms with van der Waals surface area (Å²) in [6.45, 7) is 0. The number of H-pyrrole nitrogens is 1. The lowest BCUT2D eigenvalue weighted by atomic mass is 10.3. The van der Waals surface area contributed by atoms with Gasteiger partial charge in [0.15, 0.2) is 5.82 Å². The fourth-order valence-corrected chi connectivity index (χ4v) is 1.01. The Kier molecular flexibility index (Phi) is 2.32. The van der Waals surface area contributed by atoms with E-state index in [1.54, 1.807) is 12.1 Å². The molecule has 0 bridgehead atoms. The molecule has 0 aliphatic heterocycles. The van der Waals surface area contributed by atoms with Crippen molar-refractivity contribution in [3.63, 3.8) is 0 Å². The SMILES string of the molecule is Nc1[nH]oc(=O)c1N=Nc1ccccc1. The topological polar surface area (TPSA) is 96.7 Å². The highest BCUT2D eigenvalue weighted by Crippen LogP contribution is 2.18. The van der Waals surface area contributed by atoms with Gasteiger partial charge in [0.2, 0.25) is 5.69 Å². The van der Waals surface area contributed by atoms with Crippen molar-refractivity contribution < 1.29 is 4.52 Å². The fraction of sp³-hybridized carbons (Fsp3) is 0. The van der Waals surface area contributed by atoms with E-state index in [1.165, 1.54) is 0 Å². The third-order valence-electron chi connectivity index (χ3n) is 1.72. The molecule has 0 amide bonds. The van der Waals surface area contributed by atoms with Gasteiger partial charge in [-0.05, 0) is 12.1 Å². The Labute approximate surface area is 84.4 Å². The molecule has 1 aromatic heterocycles. The van der Waals surface area contributed by atoms with Crippen LogP contribution in [0.5, 0.6) is 0 Å². The zero-order valence-corrected chi connectivity index (χ0v) is 7.68. The van der Waals surface area contributed by atoms with Crippen molar-refractivity contribution in [2.24, 2.45) is 10.2 Å². The van der Waals surface area contributed by atoms with Gasteiger partial charge in [0.1, 0.15) is 0 Å². The molecule has 0 atom stereocenters. The van der Waals surface area contributed by atoms with Crippen LogP contribution in [0.3, 0.4) is 0 Å². The molecule has 0 saturated carbocycles. The van der Waals surface area contributed by atoms with Gasteiger partial charge in [-0.15, -0.1) is 5.11 Å². The summed E-state index contributed by atoms with van der Waals surface area (Å²) in [5.74, 6) is 0.0691. The molecule has 1 heterocycles. The Bertz CT molecular complexity index is 527. The molecule has 0 aliphatic carbocycles. The summed E-state index contributed by atoms with van der Waals surface area (Å²) in [6.07, 6.45) is 0. The minimum atomic E-state index is -0.632. The normalized spacial score (nSPS) is 10.9. The quantitative estimate of drug-likeness (QED) is 0.731. The smallest absolute Gasteiger partial charge is 0.381 e. The van der Waals surface area contributed by atoms with E-state index in [9.17, 15) is 4.79 Å². The van der Waals surface area contributed by atoms with Gasteiger partial charge in [-0.1, -0.05) is 18.2 Å². The van der Waals surface area contributed by atoms with E-state index in [2.05, 4.69) is 19.9 Å². The highest BCUT2D eigenvalue weighted by molar-refractivity contribution is 5.54. The zero-order valence-electron chi connectivity index (χ0n) is 7.68. The minimum absolute atomic E-state index is 0.0150. The van der Waals surface area contributed by atoms with E-state index in [1.807, 2.05) is 18.2 Å². The van der Waals surface area contributed by atoms with E-state index in [0.29, 0.717) is 5.69 Å². The van der Waals surface area contributed by atoms with Gasteiger partial charge in [-0.25, -0.2) is 4.79 Å². The largest absolute Gasteiger partial charge is 0.386 e. The number of nitrogen functional groups attached to an aromatic ring is 1. The number of azo groups is 1. The third-order valence-corrected chi connectivity index (χ3v) is 1.72. The Morgan fingerprint density at radius 3 is 2.53 bits per heavy atom. The Morgan fingerprint density at radius 2 is 1.93 bits per heavy atom. The molecule has 0 aliphatic rings. The molecule has 2 aromatic rings. The lowest BCUT2D eigenvalue weighted by Crippen LogP contribution is -1.91. The van der Waals surface area contributed by atoms with Crippen molar-refractivity contribution in [2.75, 3.05) is 5.73 Å². The van der Waals surface area contributed by atoms with Crippen molar-refractivity contribution >= 4 is 17.2 Å².